The summed E-state index contributed by atoms with van der Waals surface area (Å²) in [5, 5.41) is 9.48. The van der Waals surface area contributed by atoms with Gasteiger partial charge in [0.2, 0.25) is 5.88 Å². The van der Waals surface area contributed by atoms with Gasteiger partial charge >= 0.3 is 18.8 Å². The number of carbonyl (C=O) groups is 1. The van der Waals surface area contributed by atoms with Crippen LogP contribution in [0.3, 0.4) is 0 Å². The number of alkyl halides is 5. The number of imidazole rings is 1. The van der Waals surface area contributed by atoms with Gasteiger partial charge in [0.25, 0.3) is 0 Å². The van der Waals surface area contributed by atoms with Gasteiger partial charge < -0.3 is 23.9 Å². The maximum Gasteiger partial charge on any atom is 0.421 e. The molecule has 0 bridgehead atoms. The molecule has 2 aromatic heterocycles. The highest BCUT2D eigenvalue weighted by molar-refractivity contribution is 5.92. The second-order valence-corrected chi connectivity index (χ2v) is 10.8. The van der Waals surface area contributed by atoms with Crippen molar-refractivity contribution in [2.24, 2.45) is 0 Å². The van der Waals surface area contributed by atoms with Crippen molar-refractivity contribution in [3.05, 3.63) is 82.1 Å². The third kappa shape index (κ3) is 6.68. The first-order valence-corrected chi connectivity index (χ1v) is 14.0. The summed E-state index contributed by atoms with van der Waals surface area (Å²) in [6.45, 7) is -1.81. The number of carboxylic acid groups (broad SMARTS) is 1. The average molecular weight is 637 g/mol. The standard InChI is InChI=1S/C30H26F6N4O5/c31-22-11-19(45-29(32)33)3-1-18(22)15-44-27-21(30(34,35)36)9-16-5-7-39(13-24(16)38-27)14-26-37-23-4-2-17(28(41)42)10-25(23)40(26)12-20-6-8-43-20/h1-4,9-11,20,29H,5-8,12-15H2,(H,41,42)/t20-/m0/s1. The number of aromatic carboxylic acids is 1. The molecule has 1 atom stereocenters. The largest absolute Gasteiger partial charge is 0.478 e. The molecule has 0 unspecified atom stereocenters. The summed E-state index contributed by atoms with van der Waals surface area (Å²) in [5.74, 6) is -2.58. The van der Waals surface area contributed by atoms with E-state index < -0.39 is 48.4 Å². The first-order valence-electron chi connectivity index (χ1n) is 14.0. The number of hydrogen-bond acceptors (Lipinski definition) is 7. The molecule has 15 heteroatoms. The molecule has 1 fully saturated rings. The molecular formula is C30H26F6N4O5. The molecule has 6 rings (SSSR count). The fourth-order valence-electron chi connectivity index (χ4n) is 5.37. The molecule has 0 saturated carbocycles. The van der Waals surface area contributed by atoms with Crippen molar-refractivity contribution in [3.63, 3.8) is 0 Å². The minimum atomic E-state index is -4.80. The van der Waals surface area contributed by atoms with Gasteiger partial charge in [-0.05, 0) is 54.8 Å². The summed E-state index contributed by atoms with van der Waals surface area (Å²) in [5.41, 5.74) is 0.831. The molecule has 238 valence electrons. The van der Waals surface area contributed by atoms with E-state index in [4.69, 9.17) is 14.5 Å². The van der Waals surface area contributed by atoms with Gasteiger partial charge in [-0.15, -0.1) is 0 Å². The summed E-state index contributed by atoms with van der Waals surface area (Å²) < 4.78 is 98.3. The fourth-order valence-corrected chi connectivity index (χ4v) is 5.37. The lowest BCUT2D eigenvalue weighted by atomic mass is 10.0. The summed E-state index contributed by atoms with van der Waals surface area (Å²) in [6, 6.07) is 8.50. The number of rotatable bonds is 10. The highest BCUT2D eigenvalue weighted by Gasteiger charge is 2.37. The zero-order valence-corrected chi connectivity index (χ0v) is 23.5. The molecule has 0 spiro atoms. The van der Waals surface area contributed by atoms with Crippen molar-refractivity contribution in [2.75, 3.05) is 13.2 Å². The molecule has 2 aromatic carbocycles. The van der Waals surface area contributed by atoms with E-state index in [1.165, 1.54) is 6.07 Å². The Bertz CT molecular complexity index is 1740. The summed E-state index contributed by atoms with van der Waals surface area (Å²) in [7, 11) is 0. The predicted octanol–water partition coefficient (Wildman–Crippen LogP) is 5.82. The highest BCUT2D eigenvalue weighted by Crippen LogP contribution is 2.38. The lowest BCUT2D eigenvalue weighted by Crippen LogP contribution is -2.34. The monoisotopic (exact) mass is 636 g/mol. The van der Waals surface area contributed by atoms with Gasteiger partial charge in [0.15, 0.2) is 0 Å². The number of aromatic nitrogens is 3. The first kappa shape index (κ1) is 30.6. The van der Waals surface area contributed by atoms with Crippen molar-refractivity contribution < 1.29 is 50.5 Å². The third-order valence-electron chi connectivity index (χ3n) is 7.77. The average Bonchev–Trinajstić information content (AvgIpc) is 3.28. The quantitative estimate of drug-likeness (QED) is 0.218. The lowest BCUT2D eigenvalue weighted by Gasteiger charge is -2.30. The molecule has 45 heavy (non-hydrogen) atoms. The van der Waals surface area contributed by atoms with Gasteiger partial charge in [-0.2, -0.15) is 22.0 Å². The van der Waals surface area contributed by atoms with E-state index in [0.29, 0.717) is 60.4 Å². The Kier molecular flexibility index (Phi) is 8.31. The molecule has 9 nitrogen and oxygen atoms in total. The molecule has 0 radical (unpaired) electrons. The maximum absolute atomic E-state index is 14.4. The van der Waals surface area contributed by atoms with E-state index >= 15 is 0 Å². The van der Waals surface area contributed by atoms with Crippen LogP contribution in [0.1, 0.15) is 45.0 Å². The number of ether oxygens (including phenoxy) is 3. The van der Waals surface area contributed by atoms with E-state index in [0.717, 1.165) is 24.6 Å². The van der Waals surface area contributed by atoms with Crippen molar-refractivity contribution in [3.8, 4) is 11.6 Å². The van der Waals surface area contributed by atoms with Gasteiger partial charge in [0.05, 0.1) is 41.5 Å². The summed E-state index contributed by atoms with van der Waals surface area (Å²) in [6.07, 6.45) is -3.73. The van der Waals surface area contributed by atoms with Crippen molar-refractivity contribution in [1.82, 2.24) is 19.4 Å². The van der Waals surface area contributed by atoms with Crippen molar-refractivity contribution >= 4 is 17.0 Å². The van der Waals surface area contributed by atoms with E-state index in [2.05, 4.69) is 9.72 Å². The van der Waals surface area contributed by atoms with Crippen LogP contribution < -0.4 is 9.47 Å². The normalized spacial score (nSPS) is 16.9. The zero-order chi connectivity index (χ0) is 31.9. The molecule has 0 aliphatic carbocycles. The molecule has 2 aliphatic heterocycles. The Balaban J connectivity index is 1.24. The van der Waals surface area contributed by atoms with E-state index in [1.807, 2.05) is 9.47 Å². The fraction of sp³-hybridized carbons (Fsp3) is 0.367. The SMILES string of the molecule is O=C(O)c1ccc2nc(CN3CCc4cc(C(F)(F)F)c(OCc5ccc(OC(F)F)cc5F)nc4C3)n(C[C@@H]3CCO3)c2c1. The van der Waals surface area contributed by atoms with Gasteiger partial charge in [0.1, 0.15) is 29.6 Å². The molecule has 4 heterocycles. The zero-order valence-electron chi connectivity index (χ0n) is 23.5. The lowest BCUT2D eigenvalue weighted by molar-refractivity contribution is -0.139. The van der Waals surface area contributed by atoms with E-state index in [9.17, 15) is 36.2 Å². The number of pyridine rings is 1. The Morgan fingerprint density at radius 1 is 1.13 bits per heavy atom. The van der Waals surface area contributed by atoms with Crippen LogP contribution in [0.4, 0.5) is 26.3 Å². The minimum Gasteiger partial charge on any atom is -0.478 e. The van der Waals surface area contributed by atoms with Gasteiger partial charge in [-0.3, -0.25) is 4.90 Å². The van der Waals surface area contributed by atoms with Gasteiger partial charge in [-0.25, -0.2) is 19.2 Å². The Labute approximate surface area is 252 Å². The van der Waals surface area contributed by atoms with Crippen molar-refractivity contribution in [1.29, 1.82) is 0 Å². The number of benzene rings is 2. The minimum absolute atomic E-state index is 0.0447. The highest BCUT2D eigenvalue weighted by atomic mass is 19.4. The molecule has 0 amide bonds. The number of halogens is 6. The Hall–Kier alpha value is -4.37. The number of hydrogen-bond donors (Lipinski definition) is 1. The maximum atomic E-state index is 14.4. The molecule has 1 N–H and O–H groups in total. The first-order chi connectivity index (χ1) is 21.4. The smallest absolute Gasteiger partial charge is 0.421 e. The van der Waals surface area contributed by atoms with Gasteiger partial charge in [-0.1, -0.05) is 0 Å². The summed E-state index contributed by atoms with van der Waals surface area (Å²) >= 11 is 0. The van der Waals surface area contributed by atoms with Crippen LogP contribution in [0.15, 0.2) is 42.5 Å². The van der Waals surface area contributed by atoms with Crippen LogP contribution in [0.25, 0.3) is 11.0 Å². The van der Waals surface area contributed by atoms with Crippen LogP contribution in [-0.2, 0) is 43.6 Å². The number of carboxylic acids is 1. The molecule has 1 saturated heterocycles. The molecular weight excluding hydrogens is 610 g/mol. The van der Waals surface area contributed by atoms with Crippen LogP contribution in [0.5, 0.6) is 11.6 Å². The van der Waals surface area contributed by atoms with Crippen molar-refractivity contribution in [2.45, 2.75) is 58.0 Å². The van der Waals surface area contributed by atoms with Gasteiger partial charge in [0, 0.05) is 31.3 Å². The van der Waals surface area contributed by atoms with E-state index in [1.54, 1.807) is 12.1 Å². The van der Waals surface area contributed by atoms with Crippen LogP contribution >= 0.6 is 0 Å². The summed E-state index contributed by atoms with van der Waals surface area (Å²) in [4.78, 5) is 22.5. The van der Waals surface area contributed by atoms with Crippen LogP contribution in [-0.4, -0.2) is 56.4 Å². The predicted molar refractivity (Wildman–Crippen MR) is 145 cm³/mol. The molecule has 4 aromatic rings. The third-order valence-corrected chi connectivity index (χ3v) is 7.77. The number of nitrogens with zero attached hydrogens (tertiary/aromatic N) is 4. The second-order valence-electron chi connectivity index (χ2n) is 10.8. The van der Waals surface area contributed by atoms with Crippen LogP contribution in [0, 0.1) is 5.82 Å². The van der Waals surface area contributed by atoms with Crippen LogP contribution in [0.2, 0.25) is 0 Å². The molecule has 2 aliphatic rings. The van der Waals surface area contributed by atoms with E-state index in [-0.39, 0.29) is 30.2 Å². The Morgan fingerprint density at radius 2 is 1.93 bits per heavy atom. The Morgan fingerprint density at radius 3 is 2.60 bits per heavy atom. The second kappa shape index (κ2) is 12.2. The topological polar surface area (TPSA) is 98.9 Å². The number of fused-ring (bicyclic) bond motifs is 2.